The van der Waals surface area contributed by atoms with Crippen LogP contribution in [-0.2, 0) is 17.0 Å². The fraction of sp³-hybridized carbons (Fsp3) is 0.439. The van der Waals surface area contributed by atoms with Crippen LogP contribution in [0.2, 0.25) is 15.1 Å². The molecule has 2 aromatic carbocycles. The molecule has 3 N–H and O–H groups in total. The lowest BCUT2D eigenvalue weighted by Gasteiger charge is -2.44. The van der Waals surface area contributed by atoms with Crippen molar-refractivity contribution in [3.8, 4) is 17.0 Å². The second-order valence-electron chi connectivity index (χ2n) is 18.7. The van der Waals surface area contributed by atoms with Gasteiger partial charge in [0.05, 0.1) is 26.2 Å². The summed E-state index contributed by atoms with van der Waals surface area (Å²) in [5, 5.41) is 28.2. The van der Waals surface area contributed by atoms with Crippen molar-refractivity contribution in [3.63, 3.8) is 0 Å². The van der Waals surface area contributed by atoms with Crippen LogP contribution in [0.25, 0.3) is 11.3 Å². The third kappa shape index (κ3) is 16.7. The first-order chi connectivity index (χ1) is 34.4. The fourth-order valence-corrected chi connectivity index (χ4v) is 9.40. The van der Waals surface area contributed by atoms with E-state index in [2.05, 4.69) is 106 Å². The lowest BCUT2D eigenvalue weighted by molar-refractivity contribution is -0.121. The molecule has 6 rings (SSSR count). The highest BCUT2D eigenvalue weighted by atomic mass is 35.5. The zero-order chi connectivity index (χ0) is 50.6. The van der Waals surface area contributed by atoms with Crippen molar-refractivity contribution in [1.29, 1.82) is 0 Å². The number of likely N-dealkylation sites (N-methyl/N-ethyl adjacent to an activating group) is 1. The lowest BCUT2D eigenvalue weighted by atomic mass is 9.66. The van der Waals surface area contributed by atoms with Gasteiger partial charge in [0.1, 0.15) is 29.5 Å². The molecule has 4 aromatic rings. The maximum absolute atomic E-state index is 13.3. The van der Waals surface area contributed by atoms with Gasteiger partial charge in [-0.1, -0.05) is 132 Å². The summed E-state index contributed by atoms with van der Waals surface area (Å²) in [6, 6.07) is 12.5. The van der Waals surface area contributed by atoms with Crippen molar-refractivity contribution in [3.05, 3.63) is 159 Å². The summed E-state index contributed by atoms with van der Waals surface area (Å²) >= 11 is 19.9. The van der Waals surface area contributed by atoms with Crippen molar-refractivity contribution in [1.82, 2.24) is 30.5 Å². The van der Waals surface area contributed by atoms with Gasteiger partial charge in [-0.25, -0.2) is 0 Å². The lowest BCUT2D eigenvalue weighted by Crippen LogP contribution is -2.41. The highest BCUT2D eigenvalue weighted by Gasteiger charge is 2.47. The standard InChI is InChI=1S/C57H71Cl3N6O5/c1-5-6-7-8-9-10-11-12-13-14-15-16-17-18-19-20-21-22-23-27-52(67)61-32-34-65(4)35-33-62-56(68)50-37-51(66(63-50)41(2)3)43-38-57(69,39-43)46-31-30-44(36-49(46)60)70-40-45-54(64-71-55(45)42-28-29-42)53-47(58)25-24-26-48(53)59/h6-7,9-10,12-13,15-16,18-19,21-22,24-26,30-31,36-37,41-43,69H,5,8,11,14,17,20,23,27-29,32-35,38-40H2,1-4H3,(H,61,67)(H,62,68)/b7-6-,10-9-,13-12-,16-15-,19-18-,22-21-. The Balaban J connectivity index is 0.864. The highest BCUT2D eigenvalue weighted by molar-refractivity contribution is 6.39. The zero-order valence-corrected chi connectivity index (χ0v) is 44.0. The number of amides is 2. The summed E-state index contributed by atoms with van der Waals surface area (Å²) in [5.41, 5.74) is 2.66. The third-order valence-corrected chi connectivity index (χ3v) is 13.5. The molecule has 380 valence electrons. The first kappa shape index (κ1) is 55.1. The van der Waals surface area contributed by atoms with Crippen LogP contribution in [0.4, 0.5) is 0 Å². The summed E-state index contributed by atoms with van der Waals surface area (Å²) in [4.78, 5) is 27.8. The third-order valence-electron chi connectivity index (χ3n) is 12.6. The van der Waals surface area contributed by atoms with Gasteiger partial charge in [0, 0.05) is 67.3 Å². The molecule has 0 aliphatic heterocycles. The van der Waals surface area contributed by atoms with Crippen LogP contribution in [0, 0.1) is 0 Å². The molecule has 0 spiro atoms. The van der Waals surface area contributed by atoms with Crippen LogP contribution < -0.4 is 15.4 Å². The Kier molecular flexibility index (Phi) is 21.9. The van der Waals surface area contributed by atoms with Gasteiger partial charge in [-0.05, 0) is 122 Å². The van der Waals surface area contributed by atoms with Crippen LogP contribution in [0.1, 0.15) is 149 Å². The second kappa shape index (κ2) is 28.2. The first-order valence-corrected chi connectivity index (χ1v) is 26.3. The number of rotatable bonds is 29. The number of aliphatic hydroxyl groups is 1. The Morgan fingerprint density at radius 3 is 2.00 bits per heavy atom. The monoisotopic (exact) mass is 1020 g/mol. The summed E-state index contributed by atoms with van der Waals surface area (Å²) in [6.45, 7) is 8.59. The van der Waals surface area contributed by atoms with Crippen LogP contribution >= 0.6 is 34.8 Å². The molecule has 2 amide bonds. The number of hydrogen-bond acceptors (Lipinski definition) is 8. The maximum Gasteiger partial charge on any atom is 0.271 e. The largest absolute Gasteiger partial charge is 0.489 e. The van der Waals surface area contributed by atoms with Gasteiger partial charge < -0.3 is 29.9 Å². The molecule has 0 atom stereocenters. The number of ether oxygens (including phenoxy) is 1. The topological polar surface area (TPSA) is 135 Å². The SMILES string of the molecule is CC/C=C\C/C=C\C/C=C\C/C=C\C/C=C\C/C=C\CCC(=O)NCCN(C)CCNC(=O)c1cc(C2CC(O)(c3ccc(OCc4c(-c5c(Cl)cccc5Cl)noc4C4CC4)cc3Cl)C2)n(C(C)C)n1. The molecule has 2 fully saturated rings. The summed E-state index contributed by atoms with van der Waals surface area (Å²) < 4.78 is 13.9. The number of carbonyl (C=O) groups excluding carboxylic acids is 2. The highest BCUT2D eigenvalue weighted by Crippen LogP contribution is 2.53. The fourth-order valence-electron chi connectivity index (χ4n) is 8.48. The Morgan fingerprint density at radius 1 is 0.831 bits per heavy atom. The van der Waals surface area contributed by atoms with Gasteiger partial charge in [-0.15, -0.1) is 0 Å². The normalized spacial score (nSPS) is 17.4. The van der Waals surface area contributed by atoms with E-state index in [0.29, 0.717) is 95.2 Å². The predicted octanol–water partition coefficient (Wildman–Crippen LogP) is 13.6. The van der Waals surface area contributed by atoms with E-state index < -0.39 is 5.60 Å². The van der Waals surface area contributed by atoms with Crippen molar-refractivity contribution in [2.45, 2.75) is 128 Å². The summed E-state index contributed by atoms with van der Waals surface area (Å²) in [5.74, 6) is 1.33. The van der Waals surface area contributed by atoms with Crippen LogP contribution in [0.3, 0.4) is 0 Å². The Hall–Kier alpha value is -5.17. The van der Waals surface area contributed by atoms with E-state index >= 15 is 0 Å². The van der Waals surface area contributed by atoms with E-state index in [0.717, 1.165) is 68.4 Å². The minimum atomic E-state index is -1.16. The number of nitrogens with zero attached hydrogens (tertiary/aromatic N) is 4. The molecule has 11 nitrogen and oxygen atoms in total. The van der Waals surface area contributed by atoms with E-state index in [9.17, 15) is 14.7 Å². The number of nitrogens with one attached hydrogen (secondary N) is 2. The summed E-state index contributed by atoms with van der Waals surface area (Å²) in [6.07, 6.45) is 35.9. The number of carbonyl (C=O) groups is 2. The minimum absolute atomic E-state index is 0.00698. The average molecular weight is 1030 g/mol. The van der Waals surface area contributed by atoms with Gasteiger partial charge in [-0.3, -0.25) is 14.3 Å². The van der Waals surface area contributed by atoms with Crippen molar-refractivity contribution in [2.24, 2.45) is 0 Å². The average Bonchev–Trinajstić information content (AvgIpc) is 3.94. The smallest absolute Gasteiger partial charge is 0.271 e. The van der Waals surface area contributed by atoms with Crippen molar-refractivity contribution >= 4 is 46.6 Å². The number of hydrogen-bond donors (Lipinski definition) is 3. The van der Waals surface area contributed by atoms with E-state index in [1.54, 1.807) is 24.3 Å². The molecule has 0 bridgehead atoms. The molecular formula is C57H71Cl3N6O5. The molecule has 2 aliphatic carbocycles. The Labute approximate surface area is 435 Å². The molecular weight excluding hydrogens is 955 g/mol. The van der Waals surface area contributed by atoms with E-state index in [-0.39, 0.29) is 36.3 Å². The quantitative estimate of drug-likeness (QED) is 0.0458. The first-order valence-electron chi connectivity index (χ1n) is 25.2. The van der Waals surface area contributed by atoms with Gasteiger partial charge in [-0.2, -0.15) is 5.10 Å². The molecule has 0 saturated heterocycles. The number of aromatic nitrogens is 3. The van der Waals surface area contributed by atoms with Gasteiger partial charge in [0.25, 0.3) is 5.91 Å². The molecule has 14 heteroatoms. The Bertz CT molecular complexity index is 2520. The molecule has 71 heavy (non-hydrogen) atoms. The minimum Gasteiger partial charge on any atom is -0.489 e. The maximum atomic E-state index is 13.3. The molecule has 2 aromatic heterocycles. The number of benzene rings is 2. The van der Waals surface area contributed by atoms with Crippen molar-refractivity contribution in [2.75, 3.05) is 33.2 Å². The van der Waals surface area contributed by atoms with E-state index in [4.69, 9.17) is 44.1 Å². The van der Waals surface area contributed by atoms with Crippen LogP contribution in [-0.4, -0.2) is 70.0 Å². The molecule has 2 saturated carbocycles. The molecule has 0 radical (unpaired) electrons. The van der Waals surface area contributed by atoms with Crippen LogP contribution in [0.5, 0.6) is 5.75 Å². The number of allylic oxidation sites excluding steroid dienone is 12. The van der Waals surface area contributed by atoms with E-state index in [1.807, 2.05) is 43.8 Å². The van der Waals surface area contributed by atoms with Gasteiger partial charge in [0.2, 0.25) is 5.91 Å². The predicted molar refractivity (Wildman–Crippen MR) is 288 cm³/mol. The van der Waals surface area contributed by atoms with Crippen LogP contribution in [0.15, 0.2) is 120 Å². The van der Waals surface area contributed by atoms with E-state index in [1.165, 1.54) is 0 Å². The molecule has 0 unspecified atom stereocenters. The second-order valence-corrected chi connectivity index (χ2v) is 19.9. The van der Waals surface area contributed by atoms with Gasteiger partial charge >= 0.3 is 0 Å². The van der Waals surface area contributed by atoms with Crippen molar-refractivity contribution < 1.29 is 24.0 Å². The summed E-state index contributed by atoms with van der Waals surface area (Å²) in [7, 11) is 1.96. The zero-order valence-electron chi connectivity index (χ0n) is 41.7. The number of halogens is 3. The molecule has 2 heterocycles. The van der Waals surface area contributed by atoms with Gasteiger partial charge in [0.15, 0.2) is 0 Å². The molecule has 2 aliphatic rings. The Morgan fingerprint density at radius 2 is 1.42 bits per heavy atom.